The summed E-state index contributed by atoms with van der Waals surface area (Å²) in [5, 5.41) is 5.74. The lowest BCUT2D eigenvalue weighted by atomic mass is 9.97. The molecule has 4 amide bonds. The molecule has 0 spiro atoms. The van der Waals surface area contributed by atoms with Gasteiger partial charge in [-0.3, -0.25) is 9.59 Å². The summed E-state index contributed by atoms with van der Waals surface area (Å²) >= 11 is 0. The quantitative estimate of drug-likeness (QED) is 0.428. The van der Waals surface area contributed by atoms with Crippen LogP contribution in [-0.2, 0) is 16.0 Å². The number of nitrogens with one attached hydrogen (secondary N) is 2. The number of unbranched alkanes of at least 4 members (excludes halogenated alkanes) is 4. The Morgan fingerprint density at radius 2 is 1.50 bits per heavy atom. The fourth-order valence-corrected chi connectivity index (χ4v) is 4.23. The third kappa shape index (κ3) is 8.65. The van der Waals surface area contributed by atoms with E-state index in [0.717, 1.165) is 25.7 Å². The number of piperazine rings is 1. The Balaban J connectivity index is 1.86. The lowest BCUT2D eigenvalue weighted by Gasteiger charge is -2.37. The highest BCUT2D eigenvalue weighted by molar-refractivity contribution is 5.94. The maximum Gasteiger partial charge on any atom is 0.319 e. The largest absolute Gasteiger partial charge is 0.339 e. The Hall–Kier alpha value is -2.57. The van der Waals surface area contributed by atoms with Gasteiger partial charge in [0, 0.05) is 38.3 Å². The van der Waals surface area contributed by atoms with Crippen LogP contribution in [0.3, 0.4) is 0 Å². The molecular formula is C27H44N4O3. The second-order valence-electron chi connectivity index (χ2n) is 9.38. The van der Waals surface area contributed by atoms with E-state index in [4.69, 9.17) is 0 Å². The maximum absolute atomic E-state index is 13.3. The average Bonchev–Trinajstić information content (AvgIpc) is 2.86. The molecule has 0 bridgehead atoms. The van der Waals surface area contributed by atoms with Crippen molar-refractivity contribution in [2.24, 2.45) is 5.92 Å². The maximum atomic E-state index is 13.3. The molecule has 0 radical (unpaired) electrons. The molecule has 7 heteroatoms. The van der Waals surface area contributed by atoms with Crippen LogP contribution < -0.4 is 10.6 Å². The van der Waals surface area contributed by atoms with Crippen LogP contribution in [0.15, 0.2) is 24.3 Å². The number of amides is 4. The summed E-state index contributed by atoms with van der Waals surface area (Å²) in [6.45, 7) is 10.4. The van der Waals surface area contributed by atoms with Crippen molar-refractivity contribution in [1.29, 1.82) is 0 Å². The molecule has 2 N–H and O–H groups in total. The lowest BCUT2D eigenvalue weighted by molar-refractivity contribution is -0.141. The van der Waals surface area contributed by atoms with E-state index in [0.29, 0.717) is 38.3 Å². The van der Waals surface area contributed by atoms with Crippen molar-refractivity contribution in [3.8, 4) is 0 Å². The average molecular weight is 473 g/mol. The van der Waals surface area contributed by atoms with Crippen LogP contribution in [0.25, 0.3) is 0 Å². The highest BCUT2D eigenvalue weighted by Gasteiger charge is 2.32. The molecular weight excluding hydrogens is 428 g/mol. The number of nitrogens with zero attached hydrogens (tertiary/aromatic N) is 2. The molecule has 2 rings (SSSR count). The summed E-state index contributed by atoms with van der Waals surface area (Å²) in [6, 6.07) is 6.75. The van der Waals surface area contributed by atoms with E-state index in [1.807, 2.05) is 43.0 Å². The van der Waals surface area contributed by atoms with E-state index >= 15 is 0 Å². The van der Waals surface area contributed by atoms with Gasteiger partial charge in [-0.2, -0.15) is 0 Å². The molecule has 2 atom stereocenters. The van der Waals surface area contributed by atoms with Crippen LogP contribution in [0, 0.1) is 5.92 Å². The standard InChI is InChI=1S/C27H44N4O3/c1-5-8-9-10-11-12-24(32)30-17-19-31(20-18-30)26(33)25(21(4)6-2)29-27(34)28-23-15-13-22(7-3)14-16-23/h13-16,21,25H,5-12,17-20H2,1-4H3,(H2,28,29,34). The second-order valence-corrected chi connectivity index (χ2v) is 9.38. The number of carbonyl (C=O) groups excluding carboxylic acids is 3. The van der Waals surface area contributed by atoms with Gasteiger partial charge in [-0.25, -0.2) is 4.79 Å². The van der Waals surface area contributed by atoms with Crippen LogP contribution in [0.5, 0.6) is 0 Å². The van der Waals surface area contributed by atoms with Crippen LogP contribution in [0.1, 0.15) is 78.2 Å². The molecule has 7 nitrogen and oxygen atoms in total. The first-order valence-electron chi connectivity index (χ1n) is 13.1. The smallest absolute Gasteiger partial charge is 0.319 e. The van der Waals surface area contributed by atoms with Crippen LogP contribution >= 0.6 is 0 Å². The summed E-state index contributed by atoms with van der Waals surface area (Å²) in [6.07, 6.45) is 7.96. The summed E-state index contributed by atoms with van der Waals surface area (Å²) in [5.41, 5.74) is 1.90. The van der Waals surface area contributed by atoms with Gasteiger partial charge < -0.3 is 20.4 Å². The fraction of sp³-hybridized carbons (Fsp3) is 0.667. The highest BCUT2D eigenvalue weighted by Crippen LogP contribution is 2.15. The number of urea groups is 1. The first-order valence-corrected chi connectivity index (χ1v) is 13.1. The molecule has 2 unspecified atom stereocenters. The van der Waals surface area contributed by atoms with Crippen molar-refractivity contribution in [3.63, 3.8) is 0 Å². The number of anilines is 1. The minimum atomic E-state index is -0.597. The molecule has 190 valence electrons. The normalized spacial score (nSPS) is 15.5. The minimum absolute atomic E-state index is 0.00324. The van der Waals surface area contributed by atoms with E-state index in [1.165, 1.54) is 24.8 Å². The number of aryl methyl sites for hydroxylation is 1. The Kier molecular flexibility index (Phi) is 11.9. The topological polar surface area (TPSA) is 81.8 Å². The van der Waals surface area contributed by atoms with Gasteiger partial charge in [0.05, 0.1) is 0 Å². The monoisotopic (exact) mass is 472 g/mol. The van der Waals surface area contributed by atoms with Crippen molar-refractivity contribution < 1.29 is 14.4 Å². The van der Waals surface area contributed by atoms with Gasteiger partial charge >= 0.3 is 6.03 Å². The number of hydrogen-bond donors (Lipinski definition) is 2. The molecule has 34 heavy (non-hydrogen) atoms. The lowest BCUT2D eigenvalue weighted by Crippen LogP contribution is -2.57. The van der Waals surface area contributed by atoms with Gasteiger partial charge in [-0.05, 0) is 36.5 Å². The van der Waals surface area contributed by atoms with Crippen LogP contribution in [-0.4, -0.2) is 59.9 Å². The zero-order valence-corrected chi connectivity index (χ0v) is 21.6. The molecule has 1 aromatic rings. The molecule has 1 heterocycles. The van der Waals surface area contributed by atoms with Gasteiger partial charge in [0.15, 0.2) is 0 Å². The van der Waals surface area contributed by atoms with E-state index in [1.54, 1.807) is 4.90 Å². The van der Waals surface area contributed by atoms with Crippen LogP contribution in [0.2, 0.25) is 0 Å². The van der Waals surface area contributed by atoms with Gasteiger partial charge in [0.1, 0.15) is 6.04 Å². The van der Waals surface area contributed by atoms with E-state index < -0.39 is 6.04 Å². The molecule has 0 aliphatic carbocycles. The third-order valence-electron chi connectivity index (χ3n) is 6.82. The minimum Gasteiger partial charge on any atom is -0.339 e. The van der Waals surface area contributed by atoms with Gasteiger partial charge in [0.25, 0.3) is 0 Å². The third-order valence-corrected chi connectivity index (χ3v) is 6.82. The van der Waals surface area contributed by atoms with Crippen molar-refractivity contribution in [2.45, 2.75) is 85.1 Å². The van der Waals surface area contributed by atoms with Crippen LogP contribution in [0.4, 0.5) is 10.5 Å². The number of hydrogen-bond acceptors (Lipinski definition) is 3. The molecule has 1 fully saturated rings. The molecule has 1 saturated heterocycles. The molecule has 1 aliphatic rings. The predicted molar refractivity (Wildman–Crippen MR) is 138 cm³/mol. The first-order chi connectivity index (χ1) is 16.4. The Bertz CT molecular complexity index is 773. The van der Waals surface area contributed by atoms with E-state index in [-0.39, 0.29) is 23.8 Å². The summed E-state index contributed by atoms with van der Waals surface area (Å²) < 4.78 is 0. The molecule has 0 aromatic heterocycles. The van der Waals surface area contributed by atoms with E-state index in [9.17, 15) is 14.4 Å². The van der Waals surface area contributed by atoms with Crippen molar-refractivity contribution >= 4 is 23.5 Å². The number of carbonyl (C=O) groups is 3. The zero-order chi connectivity index (χ0) is 24.9. The van der Waals surface area contributed by atoms with Crippen molar-refractivity contribution in [1.82, 2.24) is 15.1 Å². The van der Waals surface area contributed by atoms with Crippen molar-refractivity contribution in [2.75, 3.05) is 31.5 Å². The predicted octanol–water partition coefficient (Wildman–Crippen LogP) is 4.82. The Morgan fingerprint density at radius 1 is 0.882 bits per heavy atom. The summed E-state index contributed by atoms with van der Waals surface area (Å²) in [4.78, 5) is 42.1. The second kappa shape index (κ2) is 14.6. The van der Waals surface area contributed by atoms with Gasteiger partial charge in [-0.1, -0.05) is 71.9 Å². The van der Waals surface area contributed by atoms with Crippen molar-refractivity contribution in [3.05, 3.63) is 29.8 Å². The zero-order valence-electron chi connectivity index (χ0n) is 21.6. The van der Waals surface area contributed by atoms with Gasteiger partial charge in [0.2, 0.25) is 11.8 Å². The SMILES string of the molecule is CCCCCCCC(=O)N1CCN(C(=O)C(NC(=O)Nc2ccc(CC)cc2)C(C)CC)CC1. The summed E-state index contributed by atoms with van der Waals surface area (Å²) in [5.74, 6) is 0.120. The van der Waals surface area contributed by atoms with E-state index in [2.05, 4.69) is 24.5 Å². The Labute approximate surface area is 205 Å². The van der Waals surface area contributed by atoms with Gasteiger partial charge in [-0.15, -0.1) is 0 Å². The molecule has 0 saturated carbocycles. The summed E-state index contributed by atoms with van der Waals surface area (Å²) in [7, 11) is 0. The molecule has 1 aromatic carbocycles. The fourth-order valence-electron chi connectivity index (χ4n) is 4.23. The number of benzene rings is 1. The first kappa shape index (κ1) is 27.7. The Morgan fingerprint density at radius 3 is 2.09 bits per heavy atom. The molecule has 1 aliphatic heterocycles. The number of rotatable bonds is 12. The highest BCUT2D eigenvalue weighted by atomic mass is 16.2.